The van der Waals surface area contributed by atoms with Crippen molar-refractivity contribution in [2.45, 2.75) is 64.2 Å². The Kier molecular flexibility index (Phi) is 9.46. The highest BCUT2D eigenvalue weighted by molar-refractivity contribution is 8.15. The molecule has 0 saturated carbocycles. The van der Waals surface area contributed by atoms with Gasteiger partial charge in [0.25, 0.3) is 0 Å². The number of esters is 1. The number of unbranched alkanes of at least 4 members (excludes halogenated alkanes) is 4. The fourth-order valence-corrected chi connectivity index (χ4v) is 3.21. The molecule has 0 saturated heterocycles. The van der Waals surface area contributed by atoms with E-state index in [0.717, 1.165) is 30.2 Å². The number of benzene rings is 1. The van der Waals surface area contributed by atoms with Crippen LogP contribution >= 0.6 is 11.8 Å². The maximum atomic E-state index is 12.5. The van der Waals surface area contributed by atoms with E-state index in [0.29, 0.717) is 0 Å². The van der Waals surface area contributed by atoms with Crippen molar-refractivity contribution >= 4 is 22.8 Å². The number of allylic oxidation sites excluding steroid dienone is 1. The summed E-state index contributed by atoms with van der Waals surface area (Å²) in [5.74, 6) is -0.378. The van der Waals surface area contributed by atoms with Crippen molar-refractivity contribution in [1.29, 1.82) is 0 Å². The SMILES string of the molecule is CCCCCCC=C[C@](C)(SC(C)=O)C(=O)OCc1ccccc1. The first-order valence-corrected chi connectivity index (χ1v) is 9.38. The van der Waals surface area contributed by atoms with E-state index in [1.165, 1.54) is 26.2 Å². The van der Waals surface area contributed by atoms with E-state index >= 15 is 0 Å². The lowest BCUT2D eigenvalue weighted by Gasteiger charge is -2.22. The molecule has 1 aromatic rings. The second kappa shape index (κ2) is 11.1. The van der Waals surface area contributed by atoms with Crippen LogP contribution in [0.3, 0.4) is 0 Å². The smallest absolute Gasteiger partial charge is 0.326 e. The van der Waals surface area contributed by atoms with Crippen LogP contribution in [-0.2, 0) is 20.9 Å². The first-order valence-electron chi connectivity index (χ1n) is 8.56. The first kappa shape index (κ1) is 20.5. The van der Waals surface area contributed by atoms with Crippen molar-refractivity contribution in [3.63, 3.8) is 0 Å². The van der Waals surface area contributed by atoms with E-state index in [-0.39, 0.29) is 17.7 Å². The molecule has 132 valence electrons. The number of carbonyl (C=O) groups excluding carboxylic acids is 2. The third-order valence-corrected chi connectivity index (χ3v) is 4.65. The molecular weight excluding hydrogens is 320 g/mol. The number of carbonyl (C=O) groups is 2. The van der Waals surface area contributed by atoms with Crippen LogP contribution in [0.15, 0.2) is 42.5 Å². The van der Waals surface area contributed by atoms with Gasteiger partial charge in [-0.1, -0.05) is 80.4 Å². The molecule has 0 aliphatic rings. The lowest BCUT2D eigenvalue weighted by Crippen LogP contribution is -2.32. The predicted octanol–water partition coefficient (Wildman–Crippen LogP) is 5.29. The minimum atomic E-state index is -0.967. The first-order chi connectivity index (χ1) is 11.5. The van der Waals surface area contributed by atoms with Crippen molar-refractivity contribution in [3.05, 3.63) is 48.0 Å². The van der Waals surface area contributed by atoms with Crippen LogP contribution < -0.4 is 0 Å². The van der Waals surface area contributed by atoms with Gasteiger partial charge in [0.1, 0.15) is 11.4 Å². The second-order valence-electron chi connectivity index (χ2n) is 6.01. The van der Waals surface area contributed by atoms with Gasteiger partial charge in [-0.05, 0) is 25.3 Å². The normalized spacial score (nSPS) is 13.6. The molecule has 0 heterocycles. The van der Waals surface area contributed by atoms with E-state index in [1.54, 1.807) is 6.92 Å². The molecule has 1 aromatic carbocycles. The Morgan fingerprint density at radius 3 is 2.50 bits per heavy atom. The highest BCUT2D eigenvalue weighted by Crippen LogP contribution is 2.29. The number of hydrogen-bond donors (Lipinski definition) is 0. The predicted molar refractivity (Wildman–Crippen MR) is 101 cm³/mol. The molecule has 0 fully saturated rings. The van der Waals surface area contributed by atoms with Gasteiger partial charge >= 0.3 is 5.97 Å². The minimum absolute atomic E-state index is 0.0928. The van der Waals surface area contributed by atoms with Crippen LogP contribution in [0.4, 0.5) is 0 Å². The largest absolute Gasteiger partial charge is 0.460 e. The Morgan fingerprint density at radius 2 is 1.88 bits per heavy atom. The Balaban J connectivity index is 2.62. The van der Waals surface area contributed by atoms with Gasteiger partial charge in [-0.2, -0.15) is 0 Å². The highest BCUT2D eigenvalue weighted by Gasteiger charge is 2.34. The topological polar surface area (TPSA) is 43.4 Å². The van der Waals surface area contributed by atoms with Crippen molar-refractivity contribution < 1.29 is 14.3 Å². The molecule has 0 bridgehead atoms. The van der Waals surface area contributed by atoms with Gasteiger partial charge in [-0.15, -0.1) is 0 Å². The summed E-state index contributed by atoms with van der Waals surface area (Å²) < 4.78 is 4.46. The number of thioether (sulfide) groups is 1. The minimum Gasteiger partial charge on any atom is -0.460 e. The van der Waals surface area contributed by atoms with Gasteiger partial charge in [-0.3, -0.25) is 9.59 Å². The van der Waals surface area contributed by atoms with Crippen LogP contribution in [0.2, 0.25) is 0 Å². The molecule has 0 amide bonds. The fourth-order valence-electron chi connectivity index (χ4n) is 2.31. The summed E-state index contributed by atoms with van der Waals surface area (Å²) in [7, 11) is 0. The van der Waals surface area contributed by atoms with Crippen LogP contribution in [-0.4, -0.2) is 15.8 Å². The fraction of sp³-hybridized carbons (Fsp3) is 0.500. The van der Waals surface area contributed by atoms with Gasteiger partial charge in [0.15, 0.2) is 5.12 Å². The van der Waals surface area contributed by atoms with E-state index in [2.05, 4.69) is 6.92 Å². The zero-order valence-corrected chi connectivity index (χ0v) is 15.7. The quantitative estimate of drug-likeness (QED) is 0.327. The standard InChI is InChI=1S/C20H28O3S/c1-4-5-6-7-8-12-15-20(3,24-17(2)21)19(22)23-16-18-13-10-9-11-14-18/h9-15H,4-8,16H2,1-3H3/t20-/m0/s1. The zero-order valence-electron chi connectivity index (χ0n) is 14.9. The van der Waals surface area contributed by atoms with E-state index in [1.807, 2.05) is 42.5 Å². The van der Waals surface area contributed by atoms with Crippen molar-refractivity contribution in [2.24, 2.45) is 0 Å². The summed E-state index contributed by atoms with van der Waals surface area (Å²) in [5, 5.41) is -0.0928. The molecule has 0 unspecified atom stereocenters. The maximum absolute atomic E-state index is 12.5. The Bertz CT molecular complexity index is 539. The summed E-state index contributed by atoms with van der Waals surface area (Å²) >= 11 is 1.01. The molecule has 24 heavy (non-hydrogen) atoms. The third-order valence-electron chi connectivity index (χ3n) is 3.63. The average Bonchev–Trinajstić information content (AvgIpc) is 2.56. The molecule has 4 heteroatoms. The van der Waals surface area contributed by atoms with Gasteiger partial charge in [0, 0.05) is 6.92 Å². The molecule has 3 nitrogen and oxygen atoms in total. The molecule has 1 atom stereocenters. The summed E-state index contributed by atoms with van der Waals surface area (Å²) in [4.78, 5) is 24.0. The van der Waals surface area contributed by atoms with Crippen molar-refractivity contribution in [2.75, 3.05) is 0 Å². The Labute approximate surface area is 149 Å². The molecule has 0 aliphatic carbocycles. The van der Waals surface area contributed by atoms with E-state index in [9.17, 15) is 9.59 Å². The molecule has 0 spiro atoms. The van der Waals surface area contributed by atoms with Crippen LogP contribution in [0.5, 0.6) is 0 Å². The molecule has 0 aliphatic heterocycles. The van der Waals surface area contributed by atoms with Crippen molar-refractivity contribution in [1.82, 2.24) is 0 Å². The average molecular weight is 349 g/mol. The van der Waals surface area contributed by atoms with Crippen LogP contribution in [0.25, 0.3) is 0 Å². The molecular formula is C20H28O3S. The molecule has 0 N–H and O–H groups in total. The summed E-state index contributed by atoms with van der Waals surface area (Å²) in [5.41, 5.74) is 0.935. The van der Waals surface area contributed by atoms with Gasteiger partial charge in [0.05, 0.1) is 0 Å². The van der Waals surface area contributed by atoms with E-state index in [4.69, 9.17) is 4.74 Å². The zero-order chi connectivity index (χ0) is 17.8. The second-order valence-corrected chi connectivity index (χ2v) is 7.64. The number of rotatable bonds is 10. The Morgan fingerprint density at radius 1 is 1.17 bits per heavy atom. The maximum Gasteiger partial charge on any atom is 0.326 e. The monoisotopic (exact) mass is 348 g/mol. The molecule has 0 aromatic heterocycles. The lowest BCUT2D eigenvalue weighted by molar-refractivity contribution is -0.146. The molecule has 1 rings (SSSR count). The highest BCUT2D eigenvalue weighted by atomic mass is 32.2. The van der Waals surface area contributed by atoms with Gasteiger partial charge in [0.2, 0.25) is 0 Å². The lowest BCUT2D eigenvalue weighted by atomic mass is 10.1. The number of hydrogen-bond acceptors (Lipinski definition) is 4. The molecule has 0 radical (unpaired) electrons. The summed E-state index contributed by atoms with van der Waals surface area (Å²) in [6.07, 6.45) is 9.45. The van der Waals surface area contributed by atoms with Gasteiger partial charge < -0.3 is 4.74 Å². The van der Waals surface area contributed by atoms with Crippen LogP contribution in [0.1, 0.15) is 58.4 Å². The number of ether oxygens (including phenoxy) is 1. The van der Waals surface area contributed by atoms with Gasteiger partial charge in [-0.25, -0.2) is 0 Å². The van der Waals surface area contributed by atoms with E-state index < -0.39 is 4.75 Å². The van der Waals surface area contributed by atoms with Crippen LogP contribution in [0, 0.1) is 0 Å². The summed E-state index contributed by atoms with van der Waals surface area (Å²) in [6, 6.07) is 9.55. The summed E-state index contributed by atoms with van der Waals surface area (Å²) in [6.45, 7) is 5.62. The van der Waals surface area contributed by atoms with Crippen molar-refractivity contribution in [3.8, 4) is 0 Å². The Hall–Kier alpha value is -1.55. The third kappa shape index (κ3) is 7.82.